The Morgan fingerprint density at radius 2 is 1.88 bits per heavy atom. The van der Waals surface area contributed by atoms with E-state index in [0.717, 1.165) is 37.2 Å². The van der Waals surface area contributed by atoms with Gasteiger partial charge in [0, 0.05) is 22.5 Å². The van der Waals surface area contributed by atoms with Crippen molar-refractivity contribution in [2.75, 3.05) is 32.4 Å². The summed E-state index contributed by atoms with van der Waals surface area (Å²) in [6, 6.07) is 8.62. The molecule has 0 aliphatic heterocycles. The zero-order valence-electron chi connectivity index (χ0n) is 20.2. The fourth-order valence-electron chi connectivity index (χ4n) is 4.12. The molecule has 0 radical (unpaired) electrons. The second-order valence-electron chi connectivity index (χ2n) is 9.73. The second kappa shape index (κ2) is 11.9. The van der Waals surface area contributed by atoms with E-state index in [1.54, 1.807) is 0 Å². The maximum atomic E-state index is 11.7. The third-order valence-electron chi connectivity index (χ3n) is 5.68. The lowest BCUT2D eigenvalue weighted by atomic mass is 9.94. The number of rotatable bonds is 10. The van der Waals surface area contributed by atoms with Crippen molar-refractivity contribution in [2.45, 2.75) is 76.2 Å². The largest absolute Gasteiger partial charge is 0.444 e. The van der Waals surface area contributed by atoms with Gasteiger partial charge in [-0.3, -0.25) is 4.98 Å². The molecule has 6 heteroatoms. The predicted molar refractivity (Wildman–Crippen MR) is 135 cm³/mol. The molecule has 1 heterocycles. The van der Waals surface area contributed by atoms with Crippen molar-refractivity contribution in [1.82, 2.24) is 15.2 Å². The van der Waals surface area contributed by atoms with Gasteiger partial charge >= 0.3 is 6.09 Å². The van der Waals surface area contributed by atoms with Crippen molar-refractivity contribution >= 4 is 28.8 Å². The highest BCUT2D eigenvalue weighted by Crippen LogP contribution is 2.36. The summed E-state index contributed by atoms with van der Waals surface area (Å²) in [5.41, 5.74) is 3.54. The van der Waals surface area contributed by atoms with Crippen molar-refractivity contribution in [3.05, 3.63) is 35.5 Å². The van der Waals surface area contributed by atoms with Gasteiger partial charge in [-0.1, -0.05) is 18.2 Å². The molecule has 5 nitrogen and oxygen atoms in total. The zero-order chi connectivity index (χ0) is 23.0. The molecule has 3 rings (SSSR count). The molecule has 176 valence electrons. The van der Waals surface area contributed by atoms with Crippen molar-refractivity contribution in [3.8, 4) is 0 Å². The predicted octanol–water partition coefficient (Wildman–Crippen LogP) is 5.83. The number of unbranched alkanes of at least 4 members (excludes halogenated alkanes) is 1. The van der Waals surface area contributed by atoms with Crippen LogP contribution in [-0.4, -0.2) is 54.0 Å². The fraction of sp³-hybridized carbons (Fsp3) is 0.615. The van der Waals surface area contributed by atoms with Gasteiger partial charge in [0.25, 0.3) is 0 Å². The summed E-state index contributed by atoms with van der Waals surface area (Å²) in [4.78, 5) is 20.5. The minimum atomic E-state index is -0.444. The molecular formula is C26H39N3O2S. The lowest BCUT2D eigenvalue weighted by Gasteiger charge is -2.21. The summed E-state index contributed by atoms with van der Waals surface area (Å²) >= 11 is 2.03. The summed E-state index contributed by atoms with van der Waals surface area (Å²) < 4.78 is 5.26. The first-order chi connectivity index (χ1) is 15.3. The number of carbonyl (C=O) groups excluding carboxylic acids is 1. The molecule has 0 atom stereocenters. The average Bonchev–Trinajstić information content (AvgIpc) is 2.74. The molecular weight excluding hydrogens is 418 g/mol. The number of alkyl carbamates (subject to hydrolysis) is 1. The molecule has 0 saturated heterocycles. The van der Waals surface area contributed by atoms with Crippen LogP contribution in [-0.2, 0) is 17.6 Å². The maximum absolute atomic E-state index is 11.7. The van der Waals surface area contributed by atoms with E-state index in [4.69, 9.17) is 9.72 Å². The lowest BCUT2D eigenvalue weighted by molar-refractivity contribution is 0.0526. The molecule has 1 aromatic heterocycles. The highest BCUT2D eigenvalue weighted by Gasteiger charge is 2.18. The normalized spacial score (nSPS) is 13.9. The van der Waals surface area contributed by atoms with Gasteiger partial charge in [-0.05, 0) is 103 Å². The molecule has 0 unspecified atom stereocenters. The van der Waals surface area contributed by atoms with Crippen LogP contribution in [0.25, 0.3) is 10.9 Å². The minimum Gasteiger partial charge on any atom is -0.444 e. The standard InChI is InChI=1S/C26H39N3O2S/c1-26(2,3)31-25(30)27-16-11-18-29(4)17-9-10-19-32-24-20-12-5-7-14-22(20)28-23-15-8-6-13-21(23)24/h5,7,12,14H,6,8-11,13,15-19H2,1-4H3,(H,27,30). The third kappa shape index (κ3) is 7.66. The van der Waals surface area contributed by atoms with Crippen molar-refractivity contribution in [2.24, 2.45) is 0 Å². The fourth-order valence-corrected chi connectivity index (χ4v) is 5.39. The highest BCUT2D eigenvalue weighted by molar-refractivity contribution is 7.99. The number of hydrogen-bond donors (Lipinski definition) is 1. The number of fused-ring (bicyclic) bond motifs is 2. The van der Waals surface area contributed by atoms with Gasteiger partial charge in [-0.2, -0.15) is 0 Å². The minimum absolute atomic E-state index is 0.331. The van der Waals surface area contributed by atoms with Crippen molar-refractivity contribution < 1.29 is 9.53 Å². The molecule has 1 aromatic carbocycles. The highest BCUT2D eigenvalue weighted by atomic mass is 32.2. The number of amides is 1. The number of aryl methyl sites for hydroxylation is 1. The van der Waals surface area contributed by atoms with Gasteiger partial charge in [0.05, 0.1) is 5.52 Å². The Balaban J connectivity index is 1.37. The number of para-hydroxylation sites is 1. The Morgan fingerprint density at radius 3 is 2.69 bits per heavy atom. The molecule has 1 aliphatic rings. The summed E-state index contributed by atoms with van der Waals surface area (Å²) in [7, 11) is 2.16. The van der Waals surface area contributed by atoms with E-state index in [9.17, 15) is 4.79 Å². The van der Waals surface area contributed by atoms with Crippen molar-refractivity contribution in [1.29, 1.82) is 0 Å². The van der Waals surface area contributed by atoms with Crippen LogP contribution in [0.1, 0.15) is 64.1 Å². The maximum Gasteiger partial charge on any atom is 0.407 e. The van der Waals surface area contributed by atoms with Gasteiger partial charge in [-0.15, -0.1) is 11.8 Å². The van der Waals surface area contributed by atoms with Crippen molar-refractivity contribution in [3.63, 3.8) is 0 Å². The Labute approximate surface area is 197 Å². The van der Waals surface area contributed by atoms with E-state index in [1.807, 2.05) is 32.5 Å². The lowest BCUT2D eigenvalue weighted by Crippen LogP contribution is -2.34. The van der Waals surface area contributed by atoms with E-state index in [2.05, 4.69) is 41.5 Å². The number of benzene rings is 1. The van der Waals surface area contributed by atoms with Crippen LogP contribution in [0.5, 0.6) is 0 Å². The summed E-state index contributed by atoms with van der Waals surface area (Å²) in [5, 5.41) is 4.16. The van der Waals surface area contributed by atoms with E-state index >= 15 is 0 Å². The zero-order valence-corrected chi connectivity index (χ0v) is 21.0. The summed E-state index contributed by atoms with van der Waals surface area (Å²) in [5.74, 6) is 1.15. The molecule has 1 amide bonds. The van der Waals surface area contributed by atoms with Gasteiger partial charge in [0.15, 0.2) is 0 Å². The molecule has 32 heavy (non-hydrogen) atoms. The van der Waals surface area contributed by atoms with Crippen LogP contribution < -0.4 is 5.32 Å². The van der Waals surface area contributed by atoms with E-state index < -0.39 is 5.60 Å². The van der Waals surface area contributed by atoms with Gasteiger partial charge in [-0.25, -0.2) is 4.79 Å². The molecule has 0 fully saturated rings. The van der Waals surface area contributed by atoms with Crippen LogP contribution in [0, 0.1) is 0 Å². The number of carbonyl (C=O) groups is 1. The molecule has 0 saturated carbocycles. The smallest absolute Gasteiger partial charge is 0.407 e. The number of ether oxygens (including phenoxy) is 1. The van der Waals surface area contributed by atoms with Gasteiger partial charge < -0.3 is 15.0 Å². The first-order valence-electron chi connectivity index (χ1n) is 12.0. The van der Waals surface area contributed by atoms with Crippen LogP contribution in [0.3, 0.4) is 0 Å². The monoisotopic (exact) mass is 457 g/mol. The molecule has 0 spiro atoms. The summed E-state index contributed by atoms with van der Waals surface area (Å²) in [6.45, 7) is 8.35. The Bertz CT molecular complexity index is 895. The second-order valence-corrected chi connectivity index (χ2v) is 10.8. The molecule has 1 aliphatic carbocycles. The van der Waals surface area contributed by atoms with Crippen LogP contribution >= 0.6 is 11.8 Å². The number of aromatic nitrogens is 1. The first-order valence-corrected chi connectivity index (χ1v) is 13.0. The van der Waals surface area contributed by atoms with Gasteiger partial charge in [0.1, 0.15) is 5.60 Å². The number of hydrogen-bond acceptors (Lipinski definition) is 5. The SMILES string of the molecule is CN(CCCCSc1c2c(nc3ccccc13)CCCC2)CCCNC(=O)OC(C)(C)C. The summed E-state index contributed by atoms with van der Waals surface area (Å²) in [6.07, 6.45) is 7.85. The topological polar surface area (TPSA) is 54.5 Å². The number of nitrogens with zero attached hydrogens (tertiary/aromatic N) is 2. The van der Waals surface area contributed by atoms with E-state index in [1.165, 1.54) is 53.6 Å². The Morgan fingerprint density at radius 1 is 1.12 bits per heavy atom. The number of thioether (sulfide) groups is 1. The molecule has 1 N–H and O–H groups in total. The molecule has 0 bridgehead atoms. The van der Waals surface area contributed by atoms with Gasteiger partial charge in [0.2, 0.25) is 0 Å². The average molecular weight is 458 g/mol. The van der Waals surface area contributed by atoms with Crippen LogP contribution in [0.15, 0.2) is 29.2 Å². The van der Waals surface area contributed by atoms with Crippen LogP contribution in [0.2, 0.25) is 0 Å². The number of pyridine rings is 1. The molecule has 2 aromatic rings. The van der Waals surface area contributed by atoms with E-state index in [-0.39, 0.29) is 6.09 Å². The number of nitrogens with one attached hydrogen (secondary N) is 1. The Kier molecular flexibility index (Phi) is 9.23. The third-order valence-corrected chi connectivity index (χ3v) is 6.93. The first kappa shape index (κ1) is 24.8. The quantitative estimate of drug-likeness (QED) is 0.359. The van der Waals surface area contributed by atoms with Crippen LogP contribution in [0.4, 0.5) is 4.79 Å². The van der Waals surface area contributed by atoms with E-state index in [0.29, 0.717) is 6.54 Å². The Hall–Kier alpha value is -1.79.